The Hall–Kier alpha value is -1.49. The molecule has 3 N–H and O–H groups in total. The van der Waals surface area contributed by atoms with Crippen LogP contribution in [0.3, 0.4) is 0 Å². The Kier molecular flexibility index (Phi) is 4.17. The number of nitrogens with two attached hydrogens (primary N) is 1. The van der Waals surface area contributed by atoms with Gasteiger partial charge in [0.05, 0.1) is 11.4 Å². The lowest BCUT2D eigenvalue weighted by Crippen LogP contribution is -2.58. The van der Waals surface area contributed by atoms with Crippen LogP contribution in [0, 0.1) is 5.41 Å². The largest absolute Gasteiger partial charge is 0.339 e. The first-order valence-corrected chi connectivity index (χ1v) is 8.79. The molecule has 23 heavy (non-hydrogen) atoms. The van der Waals surface area contributed by atoms with Gasteiger partial charge in [-0.1, -0.05) is 49.9 Å². The van der Waals surface area contributed by atoms with Crippen molar-refractivity contribution in [1.29, 1.82) is 0 Å². The SMILES string of the molecule is CC(C)(CN1c2ccccc2Sc2ccccc21)C(C)(C)NN. The minimum atomic E-state index is -0.179. The van der Waals surface area contributed by atoms with Gasteiger partial charge in [-0.3, -0.25) is 11.3 Å². The number of anilines is 2. The van der Waals surface area contributed by atoms with E-state index in [0.717, 1.165) is 6.54 Å². The second-order valence-corrected chi connectivity index (χ2v) is 8.36. The van der Waals surface area contributed by atoms with E-state index < -0.39 is 0 Å². The lowest BCUT2D eigenvalue weighted by molar-refractivity contribution is 0.164. The zero-order valence-electron chi connectivity index (χ0n) is 14.3. The van der Waals surface area contributed by atoms with Crippen molar-refractivity contribution < 1.29 is 0 Å². The maximum atomic E-state index is 5.81. The molecule has 0 atom stereocenters. The van der Waals surface area contributed by atoms with Gasteiger partial charge in [0.2, 0.25) is 0 Å². The van der Waals surface area contributed by atoms with Crippen LogP contribution >= 0.6 is 11.8 Å². The molecule has 0 amide bonds. The van der Waals surface area contributed by atoms with E-state index in [4.69, 9.17) is 5.84 Å². The molecule has 1 aliphatic heterocycles. The number of hydrogen-bond acceptors (Lipinski definition) is 4. The highest BCUT2D eigenvalue weighted by Crippen LogP contribution is 2.49. The monoisotopic (exact) mass is 327 g/mol. The summed E-state index contributed by atoms with van der Waals surface area (Å²) in [5, 5.41) is 0. The third-order valence-electron chi connectivity index (χ3n) is 5.14. The molecule has 0 saturated heterocycles. The van der Waals surface area contributed by atoms with Crippen LogP contribution in [0.2, 0.25) is 0 Å². The van der Waals surface area contributed by atoms with E-state index in [2.05, 4.69) is 86.6 Å². The molecular weight excluding hydrogens is 302 g/mol. The second-order valence-electron chi connectivity index (χ2n) is 7.28. The predicted octanol–water partition coefficient (Wildman–Crippen LogP) is 4.56. The zero-order chi connectivity index (χ0) is 16.7. The number of nitrogens with zero attached hydrogens (tertiary/aromatic N) is 1. The van der Waals surface area contributed by atoms with Crippen LogP contribution in [0.1, 0.15) is 27.7 Å². The van der Waals surface area contributed by atoms with Crippen molar-refractivity contribution in [2.24, 2.45) is 11.3 Å². The molecule has 4 heteroatoms. The molecule has 3 nitrogen and oxygen atoms in total. The molecule has 1 heterocycles. The summed E-state index contributed by atoms with van der Waals surface area (Å²) in [6.45, 7) is 9.73. The Morgan fingerprint density at radius 2 is 1.39 bits per heavy atom. The van der Waals surface area contributed by atoms with Crippen molar-refractivity contribution in [3.05, 3.63) is 48.5 Å². The molecule has 0 bridgehead atoms. The molecule has 0 aliphatic carbocycles. The first-order chi connectivity index (χ1) is 10.9. The van der Waals surface area contributed by atoms with E-state index in [9.17, 15) is 0 Å². The number of para-hydroxylation sites is 2. The fourth-order valence-corrected chi connectivity index (χ4v) is 3.84. The normalized spacial score (nSPS) is 14.4. The lowest BCUT2D eigenvalue weighted by Gasteiger charge is -2.46. The summed E-state index contributed by atoms with van der Waals surface area (Å²) in [6.07, 6.45) is 0. The van der Waals surface area contributed by atoms with Gasteiger partial charge in [0.1, 0.15) is 0 Å². The van der Waals surface area contributed by atoms with Gasteiger partial charge in [-0.2, -0.15) is 0 Å². The summed E-state index contributed by atoms with van der Waals surface area (Å²) < 4.78 is 0. The van der Waals surface area contributed by atoms with Crippen LogP contribution in [0.5, 0.6) is 0 Å². The van der Waals surface area contributed by atoms with E-state index in [0.29, 0.717) is 0 Å². The first kappa shape index (κ1) is 16.4. The highest BCUT2D eigenvalue weighted by atomic mass is 32.2. The molecule has 122 valence electrons. The van der Waals surface area contributed by atoms with Gasteiger partial charge in [-0.05, 0) is 38.1 Å². The quantitative estimate of drug-likeness (QED) is 0.638. The Morgan fingerprint density at radius 3 is 1.87 bits per heavy atom. The van der Waals surface area contributed by atoms with Crippen molar-refractivity contribution in [3.8, 4) is 0 Å². The molecule has 0 aromatic heterocycles. The molecule has 0 spiro atoms. The van der Waals surface area contributed by atoms with Crippen molar-refractivity contribution in [2.45, 2.75) is 43.0 Å². The Balaban J connectivity index is 2.05. The molecule has 0 fully saturated rings. The number of nitrogens with one attached hydrogen (secondary N) is 1. The average molecular weight is 327 g/mol. The van der Waals surface area contributed by atoms with Crippen LogP contribution in [0.15, 0.2) is 58.3 Å². The maximum Gasteiger partial charge on any atom is 0.0553 e. The minimum absolute atomic E-state index is 0.0238. The van der Waals surface area contributed by atoms with Crippen molar-refractivity contribution in [1.82, 2.24) is 5.43 Å². The number of benzene rings is 2. The number of hydrazine groups is 1. The third-order valence-corrected chi connectivity index (χ3v) is 6.27. The first-order valence-electron chi connectivity index (χ1n) is 7.97. The molecule has 1 aliphatic rings. The molecular formula is C19H25N3S. The van der Waals surface area contributed by atoms with Crippen LogP contribution in [-0.4, -0.2) is 12.1 Å². The summed E-state index contributed by atoms with van der Waals surface area (Å²) in [4.78, 5) is 5.04. The van der Waals surface area contributed by atoms with E-state index in [-0.39, 0.29) is 11.0 Å². The second kappa shape index (κ2) is 5.86. The highest BCUT2D eigenvalue weighted by molar-refractivity contribution is 7.99. The number of fused-ring (bicyclic) bond motifs is 2. The van der Waals surface area contributed by atoms with Crippen LogP contribution in [-0.2, 0) is 0 Å². The van der Waals surface area contributed by atoms with Crippen molar-refractivity contribution in [2.75, 3.05) is 11.4 Å². The lowest BCUT2D eigenvalue weighted by atomic mass is 9.74. The van der Waals surface area contributed by atoms with Crippen molar-refractivity contribution >= 4 is 23.1 Å². The molecule has 2 aromatic rings. The van der Waals surface area contributed by atoms with Gasteiger partial charge in [-0.25, -0.2) is 0 Å². The van der Waals surface area contributed by atoms with Gasteiger partial charge in [0.25, 0.3) is 0 Å². The smallest absolute Gasteiger partial charge is 0.0553 e. The number of hydrogen-bond donors (Lipinski definition) is 2. The molecule has 2 aromatic carbocycles. The van der Waals surface area contributed by atoms with Crippen LogP contribution < -0.4 is 16.2 Å². The summed E-state index contributed by atoms with van der Waals surface area (Å²) in [5.41, 5.74) is 5.33. The van der Waals surface area contributed by atoms with E-state index >= 15 is 0 Å². The van der Waals surface area contributed by atoms with Crippen LogP contribution in [0.25, 0.3) is 0 Å². The predicted molar refractivity (Wildman–Crippen MR) is 99.2 cm³/mol. The molecule has 0 radical (unpaired) electrons. The highest BCUT2D eigenvalue weighted by Gasteiger charge is 2.39. The van der Waals surface area contributed by atoms with Crippen LogP contribution in [0.4, 0.5) is 11.4 Å². The molecule has 3 rings (SSSR count). The summed E-state index contributed by atoms with van der Waals surface area (Å²) in [6, 6.07) is 17.2. The fraction of sp³-hybridized carbons (Fsp3) is 0.368. The fourth-order valence-electron chi connectivity index (χ4n) is 2.74. The zero-order valence-corrected chi connectivity index (χ0v) is 15.1. The standard InChI is InChI=1S/C19H25N3S/c1-18(2,19(3,4)21-20)13-22-14-9-5-7-11-16(14)23-17-12-8-6-10-15(17)22/h5-12,21H,13,20H2,1-4H3. The average Bonchev–Trinajstić information content (AvgIpc) is 2.54. The Morgan fingerprint density at radius 1 is 0.913 bits per heavy atom. The van der Waals surface area contributed by atoms with Gasteiger partial charge in [0.15, 0.2) is 0 Å². The van der Waals surface area contributed by atoms with Gasteiger partial charge in [0, 0.05) is 27.3 Å². The summed E-state index contributed by atoms with van der Waals surface area (Å²) in [7, 11) is 0. The van der Waals surface area contributed by atoms with E-state index in [1.54, 1.807) is 0 Å². The Bertz CT molecular complexity index is 664. The van der Waals surface area contributed by atoms with Gasteiger partial charge >= 0.3 is 0 Å². The summed E-state index contributed by atoms with van der Waals surface area (Å²) >= 11 is 1.84. The van der Waals surface area contributed by atoms with Gasteiger partial charge < -0.3 is 4.90 Å². The minimum Gasteiger partial charge on any atom is -0.339 e. The maximum absolute atomic E-state index is 5.81. The van der Waals surface area contributed by atoms with Gasteiger partial charge in [-0.15, -0.1) is 0 Å². The third kappa shape index (κ3) is 2.87. The van der Waals surface area contributed by atoms with E-state index in [1.807, 2.05) is 11.8 Å². The number of rotatable bonds is 4. The van der Waals surface area contributed by atoms with Crippen molar-refractivity contribution in [3.63, 3.8) is 0 Å². The molecule has 0 unspecified atom stereocenters. The molecule has 0 saturated carbocycles. The van der Waals surface area contributed by atoms with E-state index in [1.165, 1.54) is 21.2 Å². The topological polar surface area (TPSA) is 41.3 Å². The summed E-state index contributed by atoms with van der Waals surface area (Å²) in [5.74, 6) is 5.81. The Labute approximate surface area is 143 Å².